The fraction of sp³-hybridized carbons (Fsp3) is 0.115. The zero-order valence-corrected chi connectivity index (χ0v) is 20.8. The molecule has 1 amide bonds. The molecule has 0 bridgehead atoms. The summed E-state index contributed by atoms with van der Waals surface area (Å²) in [6.07, 6.45) is 1.11. The predicted molar refractivity (Wildman–Crippen MR) is 142 cm³/mol. The van der Waals surface area contributed by atoms with Gasteiger partial charge in [-0.15, -0.1) is 11.8 Å². The highest BCUT2D eigenvalue weighted by molar-refractivity contribution is 7.98. The maximum atomic E-state index is 13.0. The van der Waals surface area contributed by atoms with Gasteiger partial charge in [0.1, 0.15) is 6.54 Å². The van der Waals surface area contributed by atoms with Gasteiger partial charge < -0.3 is 5.32 Å². The molecule has 0 unspecified atom stereocenters. The Bertz CT molecular complexity index is 1420. The van der Waals surface area contributed by atoms with Crippen LogP contribution in [0.3, 0.4) is 0 Å². The van der Waals surface area contributed by atoms with Gasteiger partial charge in [0.2, 0.25) is 15.9 Å². The van der Waals surface area contributed by atoms with E-state index in [2.05, 4.69) is 5.32 Å². The molecular formula is C26H23ClN2O3S2. The van der Waals surface area contributed by atoms with Gasteiger partial charge in [0.25, 0.3) is 0 Å². The van der Waals surface area contributed by atoms with Crippen LogP contribution < -0.4 is 9.62 Å². The number of carbonyl (C=O) groups is 1. The largest absolute Gasteiger partial charge is 0.323 e. The summed E-state index contributed by atoms with van der Waals surface area (Å²) in [5, 5.41) is 5.24. The number of para-hydroxylation sites is 1. The van der Waals surface area contributed by atoms with Crippen LogP contribution in [0.1, 0.15) is 5.56 Å². The van der Waals surface area contributed by atoms with Crippen molar-refractivity contribution in [3.05, 3.63) is 102 Å². The molecular weight excluding hydrogens is 488 g/mol. The molecule has 0 aliphatic carbocycles. The van der Waals surface area contributed by atoms with E-state index in [0.29, 0.717) is 22.2 Å². The number of thioether (sulfide) groups is 1. The molecule has 174 valence electrons. The van der Waals surface area contributed by atoms with Crippen molar-refractivity contribution in [1.29, 1.82) is 0 Å². The first-order chi connectivity index (χ1) is 16.3. The number of nitrogens with one attached hydrogen (secondary N) is 1. The molecule has 8 heteroatoms. The third-order valence-electron chi connectivity index (χ3n) is 5.19. The maximum absolute atomic E-state index is 13.0. The number of hydrogen-bond donors (Lipinski definition) is 1. The molecule has 0 radical (unpaired) electrons. The molecule has 5 nitrogen and oxygen atoms in total. The molecule has 0 fully saturated rings. The van der Waals surface area contributed by atoms with E-state index in [0.717, 1.165) is 31.8 Å². The molecule has 0 saturated carbocycles. The highest BCUT2D eigenvalue weighted by atomic mass is 35.5. The third-order valence-corrected chi connectivity index (χ3v) is 7.71. The van der Waals surface area contributed by atoms with Crippen LogP contribution in [-0.2, 0) is 20.6 Å². The van der Waals surface area contributed by atoms with Crippen LogP contribution in [0.25, 0.3) is 10.8 Å². The van der Waals surface area contributed by atoms with Crippen LogP contribution in [0.5, 0.6) is 0 Å². The number of anilines is 2. The fourth-order valence-corrected chi connectivity index (χ4v) is 5.52. The van der Waals surface area contributed by atoms with Crippen LogP contribution in [0.4, 0.5) is 11.4 Å². The summed E-state index contributed by atoms with van der Waals surface area (Å²) in [7, 11) is -3.70. The SMILES string of the molecule is CS(=O)(=O)N(CC(=O)Nc1ccccc1SCc1ccc(Cl)cc1)c1cccc2ccccc12. The number of fused-ring (bicyclic) bond motifs is 1. The minimum Gasteiger partial charge on any atom is -0.323 e. The summed E-state index contributed by atoms with van der Waals surface area (Å²) in [6, 6.07) is 28.0. The van der Waals surface area contributed by atoms with Gasteiger partial charge in [0, 0.05) is 21.1 Å². The summed E-state index contributed by atoms with van der Waals surface area (Å²) in [4.78, 5) is 13.9. The number of sulfonamides is 1. The number of rotatable bonds is 8. The van der Waals surface area contributed by atoms with Crippen LogP contribution in [0.2, 0.25) is 5.02 Å². The second kappa shape index (κ2) is 10.5. The van der Waals surface area contributed by atoms with Crippen molar-refractivity contribution in [3.8, 4) is 0 Å². The smallest absolute Gasteiger partial charge is 0.245 e. The minimum absolute atomic E-state index is 0.330. The van der Waals surface area contributed by atoms with E-state index >= 15 is 0 Å². The van der Waals surface area contributed by atoms with E-state index in [1.807, 2.05) is 78.9 Å². The lowest BCUT2D eigenvalue weighted by Gasteiger charge is -2.23. The maximum Gasteiger partial charge on any atom is 0.245 e. The van der Waals surface area contributed by atoms with Crippen molar-refractivity contribution in [3.63, 3.8) is 0 Å². The second-order valence-electron chi connectivity index (χ2n) is 7.73. The van der Waals surface area contributed by atoms with Crippen molar-refractivity contribution in [2.45, 2.75) is 10.6 Å². The van der Waals surface area contributed by atoms with Gasteiger partial charge in [-0.3, -0.25) is 9.10 Å². The standard InChI is InChI=1S/C26H23ClN2O3S2/c1-34(31,32)29(24-11-6-8-20-7-2-3-9-22(20)24)17-26(30)28-23-10-4-5-12-25(23)33-18-19-13-15-21(27)16-14-19/h2-16H,17-18H2,1H3,(H,28,30). The van der Waals surface area contributed by atoms with Crippen molar-refractivity contribution in [2.75, 3.05) is 22.4 Å². The topological polar surface area (TPSA) is 66.5 Å². The van der Waals surface area contributed by atoms with E-state index in [-0.39, 0.29) is 6.54 Å². The third kappa shape index (κ3) is 5.91. The Morgan fingerprint density at radius 3 is 2.35 bits per heavy atom. The highest BCUT2D eigenvalue weighted by Crippen LogP contribution is 2.31. The average molecular weight is 511 g/mol. The molecule has 0 aliphatic rings. The first kappa shape index (κ1) is 24.1. The van der Waals surface area contributed by atoms with Crippen molar-refractivity contribution in [1.82, 2.24) is 0 Å². The lowest BCUT2D eigenvalue weighted by Crippen LogP contribution is -2.37. The number of halogens is 1. The van der Waals surface area contributed by atoms with Gasteiger partial charge in [0.05, 0.1) is 17.6 Å². The van der Waals surface area contributed by atoms with Gasteiger partial charge in [-0.1, -0.05) is 72.3 Å². The van der Waals surface area contributed by atoms with Crippen LogP contribution in [0.15, 0.2) is 95.9 Å². The van der Waals surface area contributed by atoms with Crippen LogP contribution >= 0.6 is 23.4 Å². The Labute approximate surface area is 208 Å². The molecule has 0 atom stereocenters. The Balaban J connectivity index is 1.53. The Hall–Kier alpha value is -3.00. The summed E-state index contributed by atoms with van der Waals surface area (Å²) in [6.45, 7) is -0.330. The molecule has 0 aromatic heterocycles. The molecule has 0 spiro atoms. The Morgan fingerprint density at radius 2 is 1.59 bits per heavy atom. The zero-order valence-electron chi connectivity index (χ0n) is 18.4. The molecule has 4 aromatic carbocycles. The van der Waals surface area contributed by atoms with Crippen molar-refractivity contribution < 1.29 is 13.2 Å². The molecule has 1 N–H and O–H groups in total. The van der Waals surface area contributed by atoms with E-state index < -0.39 is 15.9 Å². The molecule has 0 aliphatic heterocycles. The first-order valence-electron chi connectivity index (χ1n) is 10.5. The molecule has 0 saturated heterocycles. The zero-order chi connectivity index (χ0) is 24.1. The fourth-order valence-electron chi connectivity index (χ4n) is 3.56. The summed E-state index contributed by atoms with van der Waals surface area (Å²) < 4.78 is 26.4. The van der Waals surface area contributed by atoms with Gasteiger partial charge in [0.15, 0.2) is 0 Å². The number of hydrogen-bond acceptors (Lipinski definition) is 4. The monoisotopic (exact) mass is 510 g/mol. The highest BCUT2D eigenvalue weighted by Gasteiger charge is 2.23. The quantitative estimate of drug-likeness (QED) is 0.287. The molecule has 34 heavy (non-hydrogen) atoms. The Morgan fingerprint density at radius 1 is 0.912 bits per heavy atom. The van der Waals surface area contributed by atoms with E-state index in [1.54, 1.807) is 23.9 Å². The summed E-state index contributed by atoms with van der Waals surface area (Å²) in [5.41, 5.74) is 2.22. The predicted octanol–water partition coefficient (Wildman–Crippen LogP) is 6.19. The van der Waals surface area contributed by atoms with Crippen molar-refractivity contribution in [2.24, 2.45) is 0 Å². The van der Waals surface area contributed by atoms with E-state index in [9.17, 15) is 13.2 Å². The Kier molecular flexibility index (Phi) is 7.46. The van der Waals surface area contributed by atoms with Crippen LogP contribution in [0, 0.1) is 0 Å². The van der Waals surface area contributed by atoms with E-state index in [4.69, 9.17) is 11.6 Å². The number of amides is 1. The average Bonchev–Trinajstić information content (AvgIpc) is 2.82. The molecule has 4 aromatic rings. The van der Waals surface area contributed by atoms with Gasteiger partial charge in [-0.2, -0.15) is 0 Å². The molecule has 0 heterocycles. The van der Waals surface area contributed by atoms with Crippen LogP contribution in [-0.4, -0.2) is 27.1 Å². The molecule has 4 rings (SSSR count). The second-order valence-corrected chi connectivity index (χ2v) is 11.1. The number of carbonyl (C=O) groups excluding carboxylic acids is 1. The van der Waals surface area contributed by atoms with E-state index in [1.165, 1.54) is 0 Å². The lowest BCUT2D eigenvalue weighted by atomic mass is 10.1. The normalized spacial score (nSPS) is 11.4. The van der Waals surface area contributed by atoms with Gasteiger partial charge in [-0.25, -0.2) is 8.42 Å². The van der Waals surface area contributed by atoms with Gasteiger partial charge in [-0.05, 0) is 41.3 Å². The van der Waals surface area contributed by atoms with Crippen molar-refractivity contribution >= 4 is 61.4 Å². The summed E-state index contributed by atoms with van der Waals surface area (Å²) in [5.74, 6) is 0.285. The minimum atomic E-state index is -3.70. The number of benzene rings is 4. The van der Waals surface area contributed by atoms with Gasteiger partial charge >= 0.3 is 0 Å². The first-order valence-corrected chi connectivity index (χ1v) is 13.7. The lowest BCUT2D eigenvalue weighted by molar-refractivity contribution is -0.114. The summed E-state index contributed by atoms with van der Waals surface area (Å²) >= 11 is 7.54. The number of nitrogens with zero attached hydrogens (tertiary/aromatic N) is 1.